The zero-order valence-corrected chi connectivity index (χ0v) is 18.1. The van der Waals surface area contributed by atoms with Gasteiger partial charge in [-0.05, 0) is 50.6 Å². The number of carbonyl (C=O) groups excluding carboxylic acids is 4. The van der Waals surface area contributed by atoms with Gasteiger partial charge in [0, 0.05) is 37.8 Å². The molecule has 1 fully saturated rings. The van der Waals surface area contributed by atoms with Crippen molar-refractivity contribution in [3.63, 3.8) is 0 Å². The average molecular weight is 435 g/mol. The van der Waals surface area contributed by atoms with Crippen LogP contribution in [-0.4, -0.2) is 75.7 Å². The van der Waals surface area contributed by atoms with Gasteiger partial charge < -0.3 is 14.9 Å². The molecule has 8 heteroatoms. The Kier molecular flexibility index (Phi) is 5.69. The van der Waals surface area contributed by atoms with Crippen LogP contribution in [-0.2, 0) is 0 Å². The van der Waals surface area contributed by atoms with E-state index in [0.29, 0.717) is 43.7 Å². The summed E-state index contributed by atoms with van der Waals surface area (Å²) in [7, 11) is 0. The van der Waals surface area contributed by atoms with E-state index in [4.69, 9.17) is 0 Å². The van der Waals surface area contributed by atoms with Crippen molar-refractivity contribution in [2.24, 2.45) is 0 Å². The molecule has 2 aromatic rings. The SMILES string of the molecule is CC(C)N1C(=O)c2ccc(C(=O)N3CCCN(C(=O)c4ccccc4O)CC3)cc2C1=O. The Morgan fingerprint density at radius 3 is 2.12 bits per heavy atom. The van der Waals surface area contributed by atoms with Crippen LogP contribution in [0.25, 0.3) is 0 Å². The van der Waals surface area contributed by atoms with Crippen LogP contribution in [0.2, 0.25) is 0 Å². The van der Waals surface area contributed by atoms with E-state index in [1.165, 1.54) is 23.1 Å². The largest absolute Gasteiger partial charge is 0.507 e. The van der Waals surface area contributed by atoms with Crippen molar-refractivity contribution >= 4 is 23.6 Å². The maximum absolute atomic E-state index is 13.1. The molecule has 0 aromatic heterocycles. The number of carbonyl (C=O) groups is 4. The first-order valence-electron chi connectivity index (χ1n) is 10.7. The predicted octanol–water partition coefficient (Wildman–Crippen LogP) is 2.38. The summed E-state index contributed by atoms with van der Waals surface area (Å²) in [6.45, 7) is 5.14. The number of aromatic hydroxyl groups is 1. The minimum atomic E-state index is -0.384. The van der Waals surface area contributed by atoms with Crippen molar-refractivity contribution < 1.29 is 24.3 Å². The zero-order chi connectivity index (χ0) is 23.0. The van der Waals surface area contributed by atoms with Gasteiger partial charge in [-0.3, -0.25) is 24.1 Å². The van der Waals surface area contributed by atoms with Crippen molar-refractivity contribution in [1.29, 1.82) is 0 Å². The number of para-hydroxylation sites is 1. The topological polar surface area (TPSA) is 98.2 Å². The highest BCUT2D eigenvalue weighted by Crippen LogP contribution is 2.26. The van der Waals surface area contributed by atoms with E-state index < -0.39 is 0 Å². The maximum atomic E-state index is 13.1. The number of amides is 4. The second-order valence-corrected chi connectivity index (χ2v) is 8.29. The molecule has 0 unspecified atom stereocenters. The highest BCUT2D eigenvalue weighted by molar-refractivity contribution is 6.22. The molecule has 1 N–H and O–H groups in total. The van der Waals surface area contributed by atoms with Crippen molar-refractivity contribution in [2.75, 3.05) is 26.2 Å². The molecule has 2 aliphatic rings. The molecule has 0 bridgehead atoms. The summed E-state index contributed by atoms with van der Waals surface area (Å²) in [5.41, 5.74) is 1.15. The summed E-state index contributed by atoms with van der Waals surface area (Å²) in [6, 6.07) is 10.7. The van der Waals surface area contributed by atoms with Crippen LogP contribution < -0.4 is 0 Å². The van der Waals surface area contributed by atoms with Gasteiger partial charge in [-0.25, -0.2) is 0 Å². The van der Waals surface area contributed by atoms with Crippen LogP contribution in [0.4, 0.5) is 0 Å². The number of rotatable bonds is 3. The summed E-state index contributed by atoms with van der Waals surface area (Å²) >= 11 is 0. The lowest BCUT2D eigenvalue weighted by molar-refractivity contribution is 0.0608. The van der Waals surface area contributed by atoms with Crippen LogP contribution in [0.5, 0.6) is 5.75 Å². The van der Waals surface area contributed by atoms with E-state index in [2.05, 4.69) is 0 Å². The Hall–Kier alpha value is -3.68. The standard InChI is InChI=1S/C24H25N3O5/c1-15(2)27-23(31)17-9-8-16(14-19(17)24(27)32)21(29)25-10-5-11-26(13-12-25)22(30)18-6-3-4-7-20(18)28/h3-4,6-9,14-15,28H,5,10-13H2,1-2H3. The smallest absolute Gasteiger partial charge is 0.261 e. The van der Waals surface area contributed by atoms with Gasteiger partial charge in [0.2, 0.25) is 0 Å². The average Bonchev–Trinajstić information content (AvgIpc) is 2.93. The Balaban J connectivity index is 1.49. The predicted molar refractivity (Wildman–Crippen MR) is 117 cm³/mol. The third kappa shape index (κ3) is 3.72. The van der Waals surface area contributed by atoms with Gasteiger partial charge in [0.15, 0.2) is 0 Å². The minimum absolute atomic E-state index is 0.0672. The van der Waals surface area contributed by atoms with Gasteiger partial charge in [0.1, 0.15) is 5.75 Å². The van der Waals surface area contributed by atoms with Gasteiger partial charge in [0.05, 0.1) is 16.7 Å². The molecule has 4 rings (SSSR count). The van der Waals surface area contributed by atoms with Crippen LogP contribution in [0.3, 0.4) is 0 Å². The number of hydrogen-bond donors (Lipinski definition) is 1. The zero-order valence-electron chi connectivity index (χ0n) is 18.1. The Labute approximate surface area is 186 Å². The molecule has 0 spiro atoms. The molecular weight excluding hydrogens is 410 g/mol. The minimum Gasteiger partial charge on any atom is -0.507 e. The Bertz CT molecular complexity index is 1110. The highest BCUT2D eigenvalue weighted by atomic mass is 16.3. The molecule has 8 nitrogen and oxygen atoms in total. The molecule has 0 atom stereocenters. The lowest BCUT2D eigenvalue weighted by Crippen LogP contribution is -2.37. The molecule has 2 aromatic carbocycles. The quantitative estimate of drug-likeness (QED) is 0.747. The number of hydrogen-bond acceptors (Lipinski definition) is 5. The van der Waals surface area contributed by atoms with Crippen LogP contribution in [0.1, 0.15) is 61.7 Å². The lowest BCUT2D eigenvalue weighted by Gasteiger charge is -2.22. The summed E-state index contributed by atoms with van der Waals surface area (Å²) in [5.74, 6) is -1.31. The molecule has 0 saturated carbocycles. The highest BCUT2D eigenvalue weighted by Gasteiger charge is 2.37. The molecule has 4 amide bonds. The van der Waals surface area contributed by atoms with Gasteiger partial charge in [-0.1, -0.05) is 12.1 Å². The monoisotopic (exact) mass is 435 g/mol. The number of benzene rings is 2. The lowest BCUT2D eigenvalue weighted by atomic mass is 10.0. The number of phenols is 1. The second-order valence-electron chi connectivity index (χ2n) is 8.29. The summed E-state index contributed by atoms with van der Waals surface area (Å²) in [4.78, 5) is 55.5. The fourth-order valence-corrected chi connectivity index (χ4v) is 4.19. The first-order valence-corrected chi connectivity index (χ1v) is 10.7. The van der Waals surface area contributed by atoms with Crippen LogP contribution >= 0.6 is 0 Å². The number of nitrogens with zero attached hydrogens (tertiary/aromatic N) is 3. The number of imide groups is 1. The summed E-state index contributed by atoms with van der Waals surface area (Å²) in [6.07, 6.45) is 0.592. The summed E-state index contributed by atoms with van der Waals surface area (Å²) in [5, 5.41) is 9.97. The van der Waals surface area contributed by atoms with E-state index in [-0.39, 0.29) is 46.5 Å². The van der Waals surface area contributed by atoms with E-state index in [1.807, 2.05) is 0 Å². The Morgan fingerprint density at radius 2 is 1.47 bits per heavy atom. The molecule has 0 radical (unpaired) electrons. The fraction of sp³-hybridized carbons (Fsp3) is 0.333. The molecule has 32 heavy (non-hydrogen) atoms. The van der Waals surface area contributed by atoms with Crippen molar-refractivity contribution in [3.8, 4) is 5.75 Å². The third-order valence-corrected chi connectivity index (χ3v) is 5.89. The van der Waals surface area contributed by atoms with E-state index in [9.17, 15) is 24.3 Å². The third-order valence-electron chi connectivity index (χ3n) is 5.89. The molecule has 2 aliphatic heterocycles. The normalized spacial score (nSPS) is 16.4. The molecule has 1 saturated heterocycles. The van der Waals surface area contributed by atoms with Crippen LogP contribution in [0.15, 0.2) is 42.5 Å². The van der Waals surface area contributed by atoms with Crippen LogP contribution in [0, 0.1) is 0 Å². The number of fused-ring (bicyclic) bond motifs is 1. The van der Waals surface area contributed by atoms with Crippen molar-refractivity contribution in [2.45, 2.75) is 26.3 Å². The van der Waals surface area contributed by atoms with Gasteiger partial charge in [-0.15, -0.1) is 0 Å². The molecule has 2 heterocycles. The molecule has 166 valence electrons. The second kappa shape index (κ2) is 8.45. The first-order chi connectivity index (χ1) is 15.3. The van der Waals surface area contributed by atoms with Gasteiger partial charge in [0.25, 0.3) is 23.6 Å². The van der Waals surface area contributed by atoms with E-state index in [0.717, 1.165) is 0 Å². The molecule has 0 aliphatic carbocycles. The van der Waals surface area contributed by atoms with E-state index in [1.54, 1.807) is 47.9 Å². The summed E-state index contributed by atoms with van der Waals surface area (Å²) < 4.78 is 0. The molecular formula is C24H25N3O5. The fourth-order valence-electron chi connectivity index (χ4n) is 4.19. The van der Waals surface area contributed by atoms with Gasteiger partial charge >= 0.3 is 0 Å². The van der Waals surface area contributed by atoms with Crippen molar-refractivity contribution in [1.82, 2.24) is 14.7 Å². The van der Waals surface area contributed by atoms with E-state index >= 15 is 0 Å². The number of phenolic OH excluding ortho intramolecular Hbond substituents is 1. The first kappa shape index (κ1) is 21.5. The maximum Gasteiger partial charge on any atom is 0.261 e. The van der Waals surface area contributed by atoms with Gasteiger partial charge in [-0.2, -0.15) is 0 Å². The Morgan fingerprint density at radius 1 is 0.844 bits per heavy atom. The van der Waals surface area contributed by atoms with Crippen molar-refractivity contribution in [3.05, 3.63) is 64.7 Å².